The fourth-order valence-electron chi connectivity index (χ4n) is 1.64. The second-order valence-corrected chi connectivity index (χ2v) is 5.36. The van der Waals surface area contributed by atoms with Gasteiger partial charge < -0.3 is 0 Å². The Hall–Kier alpha value is -1.12. The Balaban J connectivity index is 2.43. The highest BCUT2D eigenvalue weighted by molar-refractivity contribution is 7.14. The third kappa shape index (κ3) is 1.91. The van der Waals surface area contributed by atoms with Crippen molar-refractivity contribution in [1.29, 1.82) is 0 Å². The molecule has 0 aromatic carbocycles. The van der Waals surface area contributed by atoms with E-state index in [1.54, 1.807) is 23.6 Å². The zero-order valence-corrected chi connectivity index (χ0v) is 10.6. The zero-order valence-electron chi connectivity index (χ0n) is 9.03. The maximum atomic E-state index is 6.06. The topological polar surface area (TPSA) is 12.4 Å². The lowest BCUT2D eigenvalue weighted by molar-refractivity contribution is 0.985. The van der Waals surface area contributed by atoms with E-state index in [9.17, 15) is 0 Å². The van der Waals surface area contributed by atoms with E-state index in [1.165, 1.54) is 4.88 Å². The van der Waals surface area contributed by atoms with E-state index in [-0.39, 0.29) is 5.92 Å². The maximum absolute atomic E-state index is 6.06. The number of allylic oxidation sites excluding steroid dienone is 3. The molecule has 82 valence electrons. The minimum atomic E-state index is -0.00317. The van der Waals surface area contributed by atoms with Gasteiger partial charge in [-0.1, -0.05) is 24.3 Å². The van der Waals surface area contributed by atoms with E-state index in [1.807, 2.05) is 0 Å². The van der Waals surface area contributed by atoms with Crippen molar-refractivity contribution in [3.05, 3.63) is 57.9 Å². The molecule has 1 aromatic rings. The van der Waals surface area contributed by atoms with Gasteiger partial charge in [0.1, 0.15) is 0 Å². The molecule has 16 heavy (non-hydrogen) atoms. The summed E-state index contributed by atoms with van der Waals surface area (Å²) in [5.74, 6) is -0.00317. The SMILES string of the molecule is C=CC1C(=C)C(c2ccc(C)s2)=NC=C1Cl. The third-order valence-electron chi connectivity index (χ3n) is 2.50. The van der Waals surface area contributed by atoms with Gasteiger partial charge in [0.25, 0.3) is 0 Å². The first-order chi connectivity index (χ1) is 7.63. The van der Waals surface area contributed by atoms with Crippen LogP contribution in [0, 0.1) is 12.8 Å². The summed E-state index contributed by atoms with van der Waals surface area (Å²) >= 11 is 7.77. The van der Waals surface area contributed by atoms with Crippen molar-refractivity contribution >= 4 is 28.6 Å². The Morgan fingerprint density at radius 3 is 2.81 bits per heavy atom. The molecule has 1 atom stereocenters. The monoisotopic (exact) mass is 249 g/mol. The van der Waals surface area contributed by atoms with Gasteiger partial charge in [0.05, 0.1) is 10.6 Å². The lowest BCUT2D eigenvalue weighted by Crippen LogP contribution is -2.14. The number of hydrogen-bond donors (Lipinski definition) is 0. The van der Waals surface area contributed by atoms with E-state index >= 15 is 0 Å². The largest absolute Gasteiger partial charge is 0.254 e. The molecule has 0 saturated heterocycles. The fourth-order valence-corrected chi connectivity index (χ4v) is 2.81. The number of rotatable bonds is 2. The molecule has 3 heteroatoms. The maximum Gasteiger partial charge on any atom is 0.0838 e. The van der Waals surface area contributed by atoms with E-state index < -0.39 is 0 Å². The van der Waals surface area contributed by atoms with Crippen molar-refractivity contribution in [3.63, 3.8) is 0 Å². The summed E-state index contributed by atoms with van der Waals surface area (Å²) in [6.07, 6.45) is 3.49. The molecule has 2 rings (SSSR count). The van der Waals surface area contributed by atoms with E-state index in [0.717, 1.165) is 16.2 Å². The predicted octanol–water partition coefficient (Wildman–Crippen LogP) is 4.30. The van der Waals surface area contributed by atoms with E-state index in [2.05, 4.69) is 37.2 Å². The highest BCUT2D eigenvalue weighted by Crippen LogP contribution is 2.32. The quantitative estimate of drug-likeness (QED) is 0.693. The average Bonchev–Trinajstić information content (AvgIpc) is 2.65. The molecule has 0 N–H and O–H groups in total. The molecule has 0 bridgehead atoms. The van der Waals surface area contributed by atoms with Crippen LogP contribution in [0.1, 0.15) is 9.75 Å². The minimum absolute atomic E-state index is 0.00317. The summed E-state index contributed by atoms with van der Waals surface area (Å²) < 4.78 is 0. The third-order valence-corrected chi connectivity index (χ3v) is 3.84. The summed E-state index contributed by atoms with van der Waals surface area (Å²) in [7, 11) is 0. The van der Waals surface area contributed by atoms with Gasteiger partial charge in [-0.2, -0.15) is 0 Å². The molecule has 1 nitrogen and oxygen atoms in total. The van der Waals surface area contributed by atoms with Crippen molar-refractivity contribution in [2.45, 2.75) is 6.92 Å². The van der Waals surface area contributed by atoms with Crippen molar-refractivity contribution in [1.82, 2.24) is 0 Å². The number of halogens is 1. The van der Waals surface area contributed by atoms with Crippen LogP contribution in [0.5, 0.6) is 0 Å². The van der Waals surface area contributed by atoms with Gasteiger partial charge in [-0.05, 0) is 24.6 Å². The van der Waals surface area contributed by atoms with Crippen LogP contribution in [-0.4, -0.2) is 5.71 Å². The number of hydrogen-bond acceptors (Lipinski definition) is 2. The summed E-state index contributed by atoms with van der Waals surface area (Å²) in [4.78, 5) is 6.76. The number of aryl methyl sites for hydroxylation is 1. The average molecular weight is 250 g/mol. The van der Waals surface area contributed by atoms with Gasteiger partial charge in [0.15, 0.2) is 0 Å². The molecule has 0 fully saturated rings. The lowest BCUT2D eigenvalue weighted by Gasteiger charge is -2.19. The Bertz CT molecular complexity index is 508. The highest BCUT2D eigenvalue weighted by Gasteiger charge is 2.22. The number of aliphatic imine (C=N–C) groups is 1. The van der Waals surface area contributed by atoms with Crippen LogP contribution in [0.25, 0.3) is 0 Å². The summed E-state index contributed by atoms with van der Waals surface area (Å²) in [6, 6.07) is 4.15. The second-order valence-electron chi connectivity index (χ2n) is 3.64. The van der Waals surface area contributed by atoms with Gasteiger partial charge in [0, 0.05) is 22.0 Å². The molecule has 2 heterocycles. The molecule has 0 spiro atoms. The van der Waals surface area contributed by atoms with Crippen LogP contribution in [0.2, 0.25) is 0 Å². The Morgan fingerprint density at radius 2 is 2.25 bits per heavy atom. The van der Waals surface area contributed by atoms with Crippen LogP contribution in [0.3, 0.4) is 0 Å². The predicted molar refractivity (Wildman–Crippen MR) is 72.4 cm³/mol. The van der Waals surface area contributed by atoms with Crippen molar-refractivity contribution in [3.8, 4) is 0 Å². The smallest absolute Gasteiger partial charge is 0.0838 e. The van der Waals surface area contributed by atoms with E-state index in [0.29, 0.717) is 5.03 Å². The summed E-state index contributed by atoms with van der Waals surface area (Å²) in [6.45, 7) is 9.92. The van der Waals surface area contributed by atoms with Crippen molar-refractivity contribution < 1.29 is 0 Å². The van der Waals surface area contributed by atoms with Crippen LogP contribution in [0.4, 0.5) is 0 Å². The van der Waals surface area contributed by atoms with Gasteiger partial charge >= 0.3 is 0 Å². The Labute approximate surface area is 104 Å². The molecule has 0 aliphatic carbocycles. The van der Waals surface area contributed by atoms with Crippen LogP contribution in [0.15, 0.2) is 53.2 Å². The Kier molecular flexibility index (Phi) is 3.13. The normalized spacial score (nSPS) is 20.4. The van der Waals surface area contributed by atoms with E-state index in [4.69, 9.17) is 11.6 Å². The summed E-state index contributed by atoms with van der Waals surface area (Å²) in [5, 5.41) is 0.678. The van der Waals surface area contributed by atoms with Crippen LogP contribution < -0.4 is 0 Å². The minimum Gasteiger partial charge on any atom is -0.254 e. The molecule has 0 amide bonds. The molecular weight excluding hydrogens is 238 g/mol. The van der Waals surface area contributed by atoms with Gasteiger partial charge in [-0.3, -0.25) is 4.99 Å². The first-order valence-corrected chi connectivity index (χ1v) is 6.15. The zero-order chi connectivity index (χ0) is 11.7. The molecule has 0 radical (unpaired) electrons. The molecule has 1 aliphatic heterocycles. The molecular formula is C13H12ClNS. The molecule has 0 saturated carbocycles. The van der Waals surface area contributed by atoms with Gasteiger partial charge in [-0.25, -0.2) is 0 Å². The highest BCUT2D eigenvalue weighted by atomic mass is 35.5. The summed E-state index contributed by atoms with van der Waals surface area (Å²) in [5.41, 5.74) is 1.84. The molecule has 1 aromatic heterocycles. The number of nitrogens with zero attached hydrogens (tertiary/aromatic N) is 1. The standard InChI is InChI=1S/C13H12ClNS/c1-4-10-9(3)13(15-7-11(10)14)12-6-5-8(2)16-12/h4-7,10H,1,3H2,2H3. The Morgan fingerprint density at radius 1 is 1.50 bits per heavy atom. The fraction of sp³-hybridized carbons (Fsp3) is 0.154. The molecule has 1 unspecified atom stereocenters. The first kappa shape index (κ1) is 11.4. The molecule has 1 aliphatic rings. The van der Waals surface area contributed by atoms with Crippen LogP contribution >= 0.6 is 22.9 Å². The second kappa shape index (κ2) is 4.40. The van der Waals surface area contributed by atoms with Gasteiger partial charge in [0.2, 0.25) is 0 Å². The lowest BCUT2D eigenvalue weighted by atomic mass is 9.93. The van der Waals surface area contributed by atoms with Crippen molar-refractivity contribution in [2.75, 3.05) is 0 Å². The van der Waals surface area contributed by atoms with Crippen LogP contribution in [-0.2, 0) is 0 Å². The first-order valence-electron chi connectivity index (χ1n) is 4.95. The van der Waals surface area contributed by atoms with Gasteiger partial charge in [-0.15, -0.1) is 17.9 Å². The number of thiophene rings is 1. The van der Waals surface area contributed by atoms with Crippen molar-refractivity contribution in [2.24, 2.45) is 10.9 Å².